The summed E-state index contributed by atoms with van der Waals surface area (Å²) in [4.78, 5) is 0. The van der Waals surface area contributed by atoms with E-state index in [2.05, 4.69) is 18.2 Å². The molecular weight excluding hydrogens is 415 g/mol. The normalized spacial score (nSPS) is 10.7. The predicted octanol–water partition coefficient (Wildman–Crippen LogP) is 5.55. The standard InChI is InChI=1S/3C6H6O.C5H5.Zr/c3*7-6-4-2-1-3-5-6;1-2-4-5-3-1;/h3*1-5,7H;1-3H,4H2;. The van der Waals surface area contributed by atoms with E-state index in [1.807, 2.05) is 18.2 Å². The van der Waals surface area contributed by atoms with E-state index in [-0.39, 0.29) is 0 Å². The van der Waals surface area contributed by atoms with Crippen LogP contribution in [0.1, 0.15) is 6.42 Å². The molecule has 0 fully saturated rings. The van der Waals surface area contributed by atoms with Crippen molar-refractivity contribution in [3.05, 3.63) is 113 Å². The molecule has 27 heavy (non-hydrogen) atoms. The zero-order valence-corrected chi connectivity index (χ0v) is 17.4. The van der Waals surface area contributed by atoms with Crippen LogP contribution in [0.25, 0.3) is 0 Å². The molecule has 4 heteroatoms. The number of para-hydroxylation sites is 3. The Kier molecular flexibility index (Phi) is 12.1. The van der Waals surface area contributed by atoms with Crippen LogP contribution in [0.15, 0.2) is 113 Å². The molecular formula is C23H23O3Zr. The first-order chi connectivity index (χ1) is 13.1. The second-order valence-electron chi connectivity index (χ2n) is 5.33. The molecule has 4 rings (SSSR count). The van der Waals surface area contributed by atoms with Gasteiger partial charge in [-0.2, -0.15) is 0 Å². The van der Waals surface area contributed by atoms with Gasteiger partial charge in [0.2, 0.25) is 0 Å². The molecule has 0 bridgehead atoms. The van der Waals surface area contributed by atoms with Crippen LogP contribution in [0.4, 0.5) is 0 Å². The Labute approximate surface area is 175 Å². The monoisotopic (exact) mass is 437 g/mol. The molecule has 137 valence electrons. The maximum atomic E-state index is 8.63. The van der Waals surface area contributed by atoms with Crippen LogP contribution in [0.5, 0.6) is 17.2 Å². The molecule has 0 unspecified atom stereocenters. The third-order valence-electron chi connectivity index (χ3n) is 3.04. The molecule has 3 nitrogen and oxygen atoms in total. The van der Waals surface area contributed by atoms with Crippen molar-refractivity contribution < 1.29 is 40.0 Å². The first-order valence-electron chi connectivity index (χ1n) is 8.37. The van der Waals surface area contributed by atoms with Crippen LogP contribution in [-0.4, -0.2) is 15.3 Å². The average molecular weight is 439 g/mol. The van der Waals surface area contributed by atoms with Gasteiger partial charge in [-0.3, -0.25) is 0 Å². The van der Waals surface area contributed by atoms with Crippen LogP contribution in [-0.2, 0) is 24.7 Å². The Morgan fingerprint density at radius 3 is 1.00 bits per heavy atom. The number of hydrogen-bond donors (Lipinski definition) is 3. The number of hydrogen-bond acceptors (Lipinski definition) is 3. The minimum atomic E-state index is 0.322. The molecule has 1 aliphatic carbocycles. The molecule has 0 saturated carbocycles. The van der Waals surface area contributed by atoms with Gasteiger partial charge in [0.1, 0.15) is 17.2 Å². The van der Waals surface area contributed by atoms with Crippen molar-refractivity contribution >= 4 is 0 Å². The molecule has 0 spiro atoms. The molecule has 1 aliphatic rings. The van der Waals surface area contributed by atoms with Crippen molar-refractivity contribution in [3.63, 3.8) is 0 Å². The van der Waals surface area contributed by atoms with Crippen molar-refractivity contribution in [2.45, 2.75) is 6.42 Å². The second kappa shape index (κ2) is 14.6. The molecule has 0 aliphatic heterocycles. The van der Waals surface area contributed by atoms with Crippen LogP contribution >= 0.6 is 0 Å². The zero-order chi connectivity index (χ0) is 19.7. The van der Waals surface area contributed by atoms with Gasteiger partial charge in [-0.1, -0.05) is 54.6 Å². The summed E-state index contributed by atoms with van der Waals surface area (Å²) >= 11 is 1.56. The quantitative estimate of drug-likeness (QED) is 0.431. The van der Waals surface area contributed by atoms with E-state index in [0.29, 0.717) is 17.2 Å². The maximum absolute atomic E-state index is 8.63. The average Bonchev–Trinajstić information content (AvgIpc) is 3.16. The van der Waals surface area contributed by atoms with E-state index in [9.17, 15) is 0 Å². The van der Waals surface area contributed by atoms with Crippen molar-refractivity contribution in [2.24, 2.45) is 0 Å². The van der Waals surface area contributed by atoms with Gasteiger partial charge < -0.3 is 15.3 Å². The first kappa shape index (κ1) is 22.5. The Morgan fingerprint density at radius 2 is 0.889 bits per heavy atom. The molecule has 0 atom stereocenters. The summed E-state index contributed by atoms with van der Waals surface area (Å²) in [5.41, 5.74) is 0. The van der Waals surface area contributed by atoms with Crippen molar-refractivity contribution in [2.75, 3.05) is 0 Å². The Balaban J connectivity index is 0.000000180. The summed E-state index contributed by atoms with van der Waals surface area (Å²) in [5.74, 6) is 0.965. The van der Waals surface area contributed by atoms with Gasteiger partial charge in [-0.05, 0) is 36.4 Å². The predicted molar refractivity (Wildman–Crippen MR) is 106 cm³/mol. The summed E-state index contributed by atoms with van der Waals surface area (Å²) < 4.78 is 1.56. The van der Waals surface area contributed by atoms with Gasteiger partial charge in [0.15, 0.2) is 0 Å². The second-order valence-corrected chi connectivity index (χ2v) is 6.91. The van der Waals surface area contributed by atoms with E-state index < -0.39 is 0 Å². The summed E-state index contributed by atoms with van der Waals surface area (Å²) in [5, 5.41) is 25.9. The third-order valence-corrected chi connectivity index (χ3v) is 3.95. The van der Waals surface area contributed by atoms with Gasteiger partial charge in [0.05, 0.1) is 0 Å². The fraction of sp³-hybridized carbons (Fsp3) is 0.0435. The number of allylic oxidation sites excluding steroid dienone is 4. The van der Waals surface area contributed by atoms with Gasteiger partial charge in [0.25, 0.3) is 0 Å². The molecule has 3 aromatic rings. The van der Waals surface area contributed by atoms with Crippen LogP contribution in [0.3, 0.4) is 0 Å². The third kappa shape index (κ3) is 13.3. The zero-order valence-electron chi connectivity index (χ0n) is 14.9. The van der Waals surface area contributed by atoms with E-state index in [4.69, 9.17) is 15.3 Å². The topological polar surface area (TPSA) is 60.7 Å². The SMILES string of the molecule is Oc1ccccc1.Oc1ccccc1.Oc1ccccc1.[Zr][C]1=CC=CC1. The van der Waals surface area contributed by atoms with Crippen molar-refractivity contribution in [1.29, 1.82) is 0 Å². The molecule has 3 aromatic carbocycles. The van der Waals surface area contributed by atoms with Crippen molar-refractivity contribution in [3.8, 4) is 17.2 Å². The Hall–Kier alpha value is -2.58. The fourth-order valence-electron chi connectivity index (χ4n) is 1.73. The number of phenols is 3. The summed E-state index contributed by atoms with van der Waals surface area (Å²) in [6.45, 7) is 0. The van der Waals surface area contributed by atoms with Gasteiger partial charge in [-0.15, -0.1) is 0 Å². The summed E-state index contributed by atoms with van der Waals surface area (Å²) in [6, 6.07) is 26.1. The van der Waals surface area contributed by atoms with Gasteiger partial charge in [0, 0.05) is 0 Å². The Morgan fingerprint density at radius 1 is 0.556 bits per heavy atom. The van der Waals surface area contributed by atoms with Crippen molar-refractivity contribution in [1.82, 2.24) is 0 Å². The molecule has 3 N–H and O–H groups in total. The first-order valence-corrected chi connectivity index (χ1v) is 9.60. The fourth-order valence-corrected chi connectivity index (χ4v) is 2.26. The molecule has 0 radical (unpaired) electrons. The number of benzene rings is 3. The minimum absolute atomic E-state index is 0.322. The number of aromatic hydroxyl groups is 3. The van der Waals surface area contributed by atoms with Gasteiger partial charge >= 0.3 is 52.6 Å². The molecule has 0 aromatic heterocycles. The van der Waals surface area contributed by atoms with E-state index in [1.54, 1.807) is 101 Å². The molecule has 0 amide bonds. The van der Waals surface area contributed by atoms with E-state index in [1.165, 1.54) is 6.42 Å². The van der Waals surface area contributed by atoms with Crippen LogP contribution in [0, 0.1) is 0 Å². The number of rotatable bonds is 0. The van der Waals surface area contributed by atoms with Gasteiger partial charge in [-0.25, -0.2) is 0 Å². The summed E-state index contributed by atoms with van der Waals surface area (Å²) in [6.07, 6.45) is 7.69. The Bertz CT molecular complexity index is 696. The molecule has 0 saturated heterocycles. The van der Waals surface area contributed by atoms with E-state index >= 15 is 0 Å². The van der Waals surface area contributed by atoms with E-state index in [0.717, 1.165) is 0 Å². The summed E-state index contributed by atoms with van der Waals surface area (Å²) in [7, 11) is 0. The molecule has 0 heterocycles. The van der Waals surface area contributed by atoms with Crippen LogP contribution in [0.2, 0.25) is 0 Å². The van der Waals surface area contributed by atoms with Crippen LogP contribution < -0.4 is 0 Å². The number of phenolic OH excluding ortho intramolecular Hbond substituents is 3.